The highest BCUT2D eigenvalue weighted by molar-refractivity contribution is 8.26. The number of anilines is 1. The molecule has 0 aliphatic heterocycles. The average molecular weight is 427 g/mol. The summed E-state index contributed by atoms with van der Waals surface area (Å²) in [5.41, 5.74) is 9.12. The molecule has 0 saturated heterocycles. The number of H-pyrrole nitrogens is 1. The Labute approximate surface area is 176 Å². The number of nitrogens with zero attached hydrogens (tertiary/aromatic N) is 4. The van der Waals surface area contributed by atoms with Crippen molar-refractivity contribution in [1.29, 1.82) is 10.8 Å². The molecule has 10 heteroatoms. The predicted molar refractivity (Wildman–Crippen MR) is 120 cm³/mol. The summed E-state index contributed by atoms with van der Waals surface area (Å²) in [4.78, 5) is 18.9. The van der Waals surface area contributed by atoms with Crippen molar-refractivity contribution in [3.05, 3.63) is 53.2 Å². The number of imidazole rings is 1. The summed E-state index contributed by atoms with van der Waals surface area (Å²) in [6.07, 6.45) is 3.72. The zero-order valence-electron chi connectivity index (χ0n) is 15.8. The van der Waals surface area contributed by atoms with Gasteiger partial charge in [-0.05, 0) is 31.0 Å². The number of aryl methyl sites for hydroxylation is 1. The molecule has 0 aliphatic carbocycles. The fraction of sp³-hybridized carbons (Fsp3) is 0.158. The lowest BCUT2D eigenvalue weighted by molar-refractivity contribution is 1.11. The van der Waals surface area contributed by atoms with Gasteiger partial charge in [0.25, 0.3) is 0 Å². The number of nitrogens with two attached hydrogens (primary N) is 1. The molecule has 0 bridgehead atoms. The molecule has 0 spiro atoms. The molecule has 5 N–H and O–H groups in total. The molecule has 1 aromatic carbocycles. The van der Waals surface area contributed by atoms with Gasteiger partial charge >= 0.3 is 0 Å². The third kappa shape index (κ3) is 4.69. The summed E-state index contributed by atoms with van der Waals surface area (Å²) in [5.74, 6) is 0.433. The summed E-state index contributed by atoms with van der Waals surface area (Å²) in [6, 6.07) is 7.69. The maximum absolute atomic E-state index is 8.07. The third-order valence-electron chi connectivity index (χ3n) is 3.98. The number of nitrogen functional groups attached to an aromatic ring is 1. The van der Waals surface area contributed by atoms with Gasteiger partial charge in [0.05, 0.1) is 27.6 Å². The van der Waals surface area contributed by atoms with Crippen LogP contribution >= 0.6 is 23.4 Å². The fourth-order valence-electron chi connectivity index (χ4n) is 2.66. The van der Waals surface area contributed by atoms with Gasteiger partial charge in [-0.15, -0.1) is 0 Å². The highest BCUT2D eigenvalue weighted by atomic mass is 35.5. The Bertz CT molecular complexity index is 1200. The number of aromatic nitrogens is 5. The van der Waals surface area contributed by atoms with E-state index in [0.29, 0.717) is 43.3 Å². The van der Waals surface area contributed by atoms with Gasteiger partial charge in [0, 0.05) is 5.39 Å². The van der Waals surface area contributed by atoms with E-state index in [-0.39, 0.29) is 0 Å². The van der Waals surface area contributed by atoms with Crippen molar-refractivity contribution in [2.75, 3.05) is 5.73 Å². The minimum Gasteiger partial charge on any atom is -0.382 e. The standard InChI is InChI=1S/C14H14ClN3S.C5H5N5/c1-3-9-7-10-5-4-6-11(15)12(10)18-13(9)14(17)19-8(2)16;6-4-3-5(9-1-7-3)10-2-8-4/h4-7,16-17H,3H2,1-2H3;1-2H,(H3,6,7,8,9,10). The Morgan fingerprint density at radius 3 is 2.72 bits per heavy atom. The number of fused-ring (bicyclic) bond motifs is 2. The summed E-state index contributed by atoms with van der Waals surface area (Å²) >= 11 is 7.27. The van der Waals surface area contributed by atoms with Crippen LogP contribution in [0.2, 0.25) is 5.02 Å². The van der Waals surface area contributed by atoms with E-state index in [0.717, 1.165) is 29.1 Å². The van der Waals surface area contributed by atoms with Crippen LogP contribution in [-0.4, -0.2) is 35.0 Å². The highest BCUT2D eigenvalue weighted by Crippen LogP contribution is 2.26. The van der Waals surface area contributed by atoms with Gasteiger partial charge < -0.3 is 10.7 Å². The second-order valence-electron chi connectivity index (χ2n) is 6.01. The molecule has 8 nitrogen and oxygen atoms in total. The molecule has 3 heterocycles. The lowest BCUT2D eigenvalue weighted by Crippen LogP contribution is -2.05. The Hall–Kier alpha value is -3.04. The molecular weight excluding hydrogens is 408 g/mol. The Kier molecular flexibility index (Phi) is 6.40. The molecular formula is C19H19ClN8S. The Morgan fingerprint density at radius 2 is 2.03 bits per heavy atom. The van der Waals surface area contributed by atoms with E-state index in [2.05, 4.69) is 24.9 Å². The lowest BCUT2D eigenvalue weighted by Gasteiger charge is -2.10. The number of nitrogens with one attached hydrogen (secondary N) is 3. The van der Waals surface area contributed by atoms with Crippen LogP contribution in [0.5, 0.6) is 0 Å². The molecule has 0 aliphatic rings. The summed E-state index contributed by atoms with van der Waals surface area (Å²) < 4.78 is 0. The molecule has 4 aromatic rings. The topological polar surface area (TPSA) is 141 Å². The second kappa shape index (κ2) is 8.97. The molecule has 4 rings (SSSR count). The van der Waals surface area contributed by atoms with Crippen LogP contribution in [0.1, 0.15) is 25.1 Å². The molecule has 0 saturated carbocycles. The maximum Gasteiger partial charge on any atom is 0.182 e. The number of benzene rings is 1. The van der Waals surface area contributed by atoms with Crippen LogP contribution in [-0.2, 0) is 6.42 Å². The van der Waals surface area contributed by atoms with Crippen molar-refractivity contribution in [3.8, 4) is 0 Å². The Morgan fingerprint density at radius 1 is 1.24 bits per heavy atom. The Balaban J connectivity index is 0.000000200. The van der Waals surface area contributed by atoms with Crippen LogP contribution < -0.4 is 5.73 Å². The quantitative estimate of drug-likeness (QED) is 0.275. The molecule has 3 aromatic heterocycles. The first-order valence-electron chi connectivity index (χ1n) is 8.70. The third-order valence-corrected chi connectivity index (χ3v) is 4.99. The average Bonchev–Trinajstić information content (AvgIpc) is 3.17. The largest absolute Gasteiger partial charge is 0.382 e. The smallest absolute Gasteiger partial charge is 0.182 e. The molecule has 0 radical (unpaired) electrons. The van der Waals surface area contributed by atoms with Crippen molar-refractivity contribution in [2.24, 2.45) is 0 Å². The summed E-state index contributed by atoms with van der Waals surface area (Å²) in [5, 5.41) is 17.8. The highest BCUT2D eigenvalue weighted by Gasteiger charge is 2.13. The van der Waals surface area contributed by atoms with Gasteiger partial charge in [-0.2, -0.15) is 0 Å². The van der Waals surface area contributed by atoms with Gasteiger partial charge in [-0.1, -0.05) is 42.4 Å². The van der Waals surface area contributed by atoms with Crippen molar-refractivity contribution < 1.29 is 0 Å². The van der Waals surface area contributed by atoms with E-state index in [1.54, 1.807) is 13.0 Å². The van der Waals surface area contributed by atoms with Crippen LogP contribution in [0.15, 0.2) is 36.9 Å². The van der Waals surface area contributed by atoms with Gasteiger partial charge in [0.15, 0.2) is 11.5 Å². The molecule has 0 unspecified atom stereocenters. The van der Waals surface area contributed by atoms with Crippen LogP contribution in [0, 0.1) is 10.8 Å². The van der Waals surface area contributed by atoms with Gasteiger partial charge in [0.2, 0.25) is 0 Å². The normalized spacial score (nSPS) is 10.6. The number of para-hydroxylation sites is 1. The maximum atomic E-state index is 8.07. The van der Waals surface area contributed by atoms with Crippen LogP contribution in [0.25, 0.3) is 22.1 Å². The van der Waals surface area contributed by atoms with E-state index in [4.69, 9.17) is 28.2 Å². The summed E-state index contributed by atoms with van der Waals surface area (Å²) in [6.45, 7) is 3.70. The van der Waals surface area contributed by atoms with E-state index in [1.807, 2.05) is 25.1 Å². The van der Waals surface area contributed by atoms with Crippen molar-refractivity contribution >= 4 is 61.3 Å². The number of hydrogen-bond donors (Lipinski definition) is 4. The van der Waals surface area contributed by atoms with Crippen molar-refractivity contribution in [3.63, 3.8) is 0 Å². The zero-order chi connectivity index (χ0) is 21.0. The number of hydrogen-bond acceptors (Lipinski definition) is 8. The number of thioether (sulfide) groups is 1. The second-order valence-corrected chi connectivity index (χ2v) is 7.64. The number of pyridine rings is 1. The molecule has 0 atom stereocenters. The first-order chi connectivity index (χ1) is 13.9. The number of aromatic amines is 1. The molecule has 29 heavy (non-hydrogen) atoms. The molecule has 148 valence electrons. The molecule has 0 amide bonds. The van der Waals surface area contributed by atoms with Crippen LogP contribution in [0.4, 0.5) is 5.82 Å². The van der Waals surface area contributed by atoms with E-state index < -0.39 is 0 Å². The van der Waals surface area contributed by atoms with E-state index in [9.17, 15) is 0 Å². The van der Waals surface area contributed by atoms with E-state index in [1.165, 1.54) is 12.7 Å². The first-order valence-corrected chi connectivity index (χ1v) is 9.89. The fourth-order valence-corrected chi connectivity index (χ4v) is 3.46. The minimum atomic E-state index is 0.297. The minimum absolute atomic E-state index is 0.297. The van der Waals surface area contributed by atoms with E-state index >= 15 is 0 Å². The molecule has 0 fully saturated rings. The zero-order valence-corrected chi connectivity index (χ0v) is 17.4. The predicted octanol–water partition coefficient (Wildman–Crippen LogP) is 4.44. The number of halogens is 1. The monoisotopic (exact) mass is 426 g/mol. The van der Waals surface area contributed by atoms with Crippen LogP contribution in [0.3, 0.4) is 0 Å². The SMILES string of the molecule is CCc1cc2cccc(Cl)c2nc1C(=N)SC(C)=N.Nc1ncnc2nc[nH]c12. The van der Waals surface area contributed by atoms with Gasteiger partial charge in [-0.25, -0.2) is 19.9 Å². The van der Waals surface area contributed by atoms with Crippen molar-refractivity contribution in [2.45, 2.75) is 20.3 Å². The number of rotatable bonds is 2. The first kappa shape index (κ1) is 20.7. The summed E-state index contributed by atoms with van der Waals surface area (Å²) in [7, 11) is 0. The van der Waals surface area contributed by atoms with Crippen molar-refractivity contribution in [1.82, 2.24) is 24.9 Å². The van der Waals surface area contributed by atoms with Gasteiger partial charge in [-0.3, -0.25) is 10.8 Å². The lowest BCUT2D eigenvalue weighted by atomic mass is 10.1. The van der Waals surface area contributed by atoms with Gasteiger partial charge in [0.1, 0.15) is 16.9 Å².